The largest absolute Gasteiger partial charge is 0.457 e. The van der Waals surface area contributed by atoms with Crippen LogP contribution in [0.5, 0.6) is 0 Å². The molecule has 2 amide bonds. The molecule has 1 saturated carbocycles. The van der Waals surface area contributed by atoms with Crippen LogP contribution in [0.4, 0.5) is 17.3 Å². The highest BCUT2D eigenvalue weighted by atomic mass is 16.5. The maximum atomic E-state index is 12.4. The van der Waals surface area contributed by atoms with Crippen molar-refractivity contribution in [2.45, 2.75) is 44.4 Å². The van der Waals surface area contributed by atoms with Crippen LogP contribution in [0, 0.1) is 0 Å². The third kappa shape index (κ3) is 7.16. The van der Waals surface area contributed by atoms with Gasteiger partial charge in [0.05, 0.1) is 11.8 Å². The summed E-state index contributed by atoms with van der Waals surface area (Å²) in [7, 11) is 0. The van der Waals surface area contributed by atoms with Gasteiger partial charge in [-0.2, -0.15) is 0 Å². The summed E-state index contributed by atoms with van der Waals surface area (Å²) in [5.74, 6) is -0.700. The van der Waals surface area contributed by atoms with Crippen LogP contribution < -0.4 is 21.7 Å². The summed E-state index contributed by atoms with van der Waals surface area (Å²) in [5.41, 5.74) is 7.37. The van der Waals surface area contributed by atoms with Crippen molar-refractivity contribution in [2.75, 3.05) is 10.6 Å². The van der Waals surface area contributed by atoms with Crippen molar-refractivity contribution in [3.63, 3.8) is 0 Å². The molecule has 1 unspecified atom stereocenters. The first-order valence-corrected chi connectivity index (χ1v) is 12.4. The lowest BCUT2D eigenvalue weighted by Crippen LogP contribution is -2.41. The van der Waals surface area contributed by atoms with E-state index < -0.39 is 11.9 Å². The molecule has 2 aromatic carbocycles. The molecule has 1 aliphatic carbocycles. The molecule has 1 aromatic heterocycles. The average molecular weight is 515 g/mol. The molecule has 1 heterocycles. The lowest BCUT2D eigenvalue weighted by Gasteiger charge is -2.30. The second-order valence-electron chi connectivity index (χ2n) is 9.00. The summed E-state index contributed by atoms with van der Waals surface area (Å²) in [6.07, 6.45) is 6.20. The minimum Gasteiger partial charge on any atom is -0.457 e. The van der Waals surface area contributed by atoms with Gasteiger partial charge in [0.2, 0.25) is 5.91 Å². The number of ether oxygens (including phenoxy) is 1. The molecular formula is C28H30N6O4. The maximum Gasteiger partial charge on any atom is 0.338 e. The number of nitrogens with one attached hydrogen (secondary N) is 3. The smallest absolute Gasteiger partial charge is 0.338 e. The van der Waals surface area contributed by atoms with Gasteiger partial charge in [0.1, 0.15) is 12.4 Å². The summed E-state index contributed by atoms with van der Waals surface area (Å²) in [6.45, 7) is 3.68. The Morgan fingerprint density at radius 2 is 1.79 bits per heavy atom. The Hall–Kier alpha value is -4.73. The number of rotatable bonds is 10. The first kappa shape index (κ1) is 26.3. The van der Waals surface area contributed by atoms with Gasteiger partial charge in [-0.3, -0.25) is 9.59 Å². The highest BCUT2D eigenvalue weighted by molar-refractivity contribution is 5.96. The Balaban J connectivity index is 1.41. The molecular weight excluding hydrogens is 484 g/mol. The molecule has 1 fully saturated rings. The van der Waals surface area contributed by atoms with E-state index in [1.165, 1.54) is 12.3 Å². The van der Waals surface area contributed by atoms with Crippen LogP contribution >= 0.6 is 0 Å². The van der Waals surface area contributed by atoms with Gasteiger partial charge in [0, 0.05) is 17.8 Å². The summed E-state index contributed by atoms with van der Waals surface area (Å²) < 4.78 is 5.37. The monoisotopic (exact) mass is 514 g/mol. The Morgan fingerprint density at radius 1 is 1.05 bits per heavy atom. The molecule has 10 nitrogen and oxygen atoms in total. The van der Waals surface area contributed by atoms with Crippen LogP contribution in [0.3, 0.4) is 0 Å². The average Bonchev–Trinajstić information content (AvgIpc) is 2.93. The van der Waals surface area contributed by atoms with E-state index in [9.17, 15) is 14.4 Å². The van der Waals surface area contributed by atoms with Gasteiger partial charge in [-0.25, -0.2) is 14.8 Å². The van der Waals surface area contributed by atoms with Gasteiger partial charge in [-0.1, -0.05) is 36.9 Å². The lowest BCUT2D eigenvalue weighted by atomic mass is 9.91. The van der Waals surface area contributed by atoms with Crippen molar-refractivity contribution in [2.24, 2.45) is 5.73 Å². The molecule has 38 heavy (non-hydrogen) atoms. The second kappa shape index (κ2) is 12.5. The Morgan fingerprint density at radius 3 is 2.50 bits per heavy atom. The van der Waals surface area contributed by atoms with E-state index in [0.29, 0.717) is 17.1 Å². The third-order valence-corrected chi connectivity index (χ3v) is 6.16. The van der Waals surface area contributed by atoms with Crippen molar-refractivity contribution in [3.8, 4) is 0 Å². The minimum absolute atomic E-state index is 0.0123. The van der Waals surface area contributed by atoms with Crippen molar-refractivity contribution in [3.05, 3.63) is 90.3 Å². The first-order chi connectivity index (χ1) is 18.4. The van der Waals surface area contributed by atoms with Crippen molar-refractivity contribution in [1.29, 1.82) is 0 Å². The zero-order chi connectivity index (χ0) is 26.9. The van der Waals surface area contributed by atoms with Crippen LogP contribution in [0.2, 0.25) is 0 Å². The van der Waals surface area contributed by atoms with Gasteiger partial charge >= 0.3 is 5.97 Å². The predicted octanol–water partition coefficient (Wildman–Crippen LogP) is 3.70. The number of hydrogen-bond acceptors (Lipinski definition) is 8. The van der Waals surface area contributed by atoms with Crippen LogP contribution in [0.25, 0.3) is 0 Å². The van der Waals surface area contributed by atoms with E-state index in [1.54, 1.807) is 24.3 Å². The van der Waals surface area contributed by atoms with E-state index in [4.69, 9.17) is 10.5 Å². The quantitative estimate of drug-likeness (QED) is 0.236. The molecule has 0 saturated heterocycles. The van der Waals surface area contributed by atoms with Crippen LogP contribution in [0.15, 0.2) is 73.4 Å². The number of nitrogens with zero attached hydrogens (tertiary/aromatic N) is 2. The number of nitrogens with two attached hydrogens (primary N) is 1. The highest BCUT2D eigenvalue weighted by Crippen LogP contribution is 2.24. The van der Waals surface area contributed by atoms with Crippen molar-refractivity contribution in [1.82, 2.24) is 15.3 Å². The maximum absolute atomic E-state index is 12.4. The Labute approximate surface area is 220 Å². The molecule has 0 spiro atoms. The standard InChI is InChI=1S/C28H30N6O4/c1-2-24(35)32-22-10-6-9-21(15-22)31-23-16-30-25(26(29)36)27(34-23)33-20-13-11-19(12-14-20)28(37)38-17-18-7-4-3-5-8-18/h2-5,7-8,11-14,16,21-22H,1,6,9-10,15,17H2,(H2,29,36)(H,32,35)(H2,31,33,34)/t21-,22?/m1/s1. The summed E-state index contributed by atoms with van der Waals surface area (Å²) in [5, 5.41) is 9.35. The number of hydrogen-bond donors (Lipinski definition) is 4. The number of amides is 2. The lowest BCUT2D eigenvalue weighted by molar-refractivity contribution is -0.117. The molecule has 2 atom stereocenters. The fourth-order valence-corrected chi connectivity index (χ4v) is 4.28. The summed E-state index contributed by atoms with van der Waals surface area (Å²) in [4.78, 5) is 44.8. The summed E-state index contributed by atoms with van der Waals surface area (Å²) >= 11 is 0. The van der Waals surface area contributed by atoms with Gasteiger partial charge in [0.15, 0.2) is 11.5 Å². The van der Waals surface area contributed by atoms with Crippen LogP contribution in [0.1, 0.15) is 52.1 Å². The normalized spacial score (nSPS) is 16.6. The molecule has 0 radical (unpaired) electrons. The van der Waals surface area contributed by atoms with E-state index in [-0.39, 0.29) is 36.1 Å². The fourth-order valence-electron chi connectivity index (χ4n) is 4.28. The zero-order valence-corrected chi connectivity index (χ0v) is 20.9. The number of primary amides is 1. The van der Waals surface area contributed by atoms with E-state index in [0.717, 1.165) is 31.2 Å². The van der Waals surface area contributed by atoms with E-state index in [1.807, 2.05) is 30.3 Å². The SMILES string of the molecule is C=CC(=O)NC1CCC[C@@H](Nc2cnc(C(N)=O)c(Nc3ccc(C(=O)OCc4ccccc4)cc3)n2)C1. The highest BCUT2D eigenvalue weighted by Gasteiger charge is 2.24. The van der Waals surface area contributed by atoms with Gasteiger partial charge < -0.3 is 26.4 Å². The Kier molecular flexibility index (Phi) is 8.65. The molecule has 4 rings (SSSR count). The third-order valence-electron chi connectivity index (χ3n) is 6.16. The topological polar surface area (TPSA) is 148 Å². The number of benzene rings is 2. The minimum atomic E-state index is -0.725. The molecule has 0 bridgehead atoms. The number of aromatic nitrogens is 2. The molecule has 196 valence electrons. The predicted molar refractivity (Wildman–Crippen MR) is 144 cm³/mol. The van der Waals surface area contributed by atoms with Gasteiger partial charge in [-0.15, -0.1) is 0 Å². The summed E-state index contributed by atoms with van der Waals surface area (Å²) in [6, 6.07) is 16.1. The molecule has 5 N–H and O–H groups in total. The number of esters is 1. The zero-order valence-electron chi connectivity index (χ0n) is 20.9. The number of anilines is 3. The Bertz CT molecular complexity index is 1300. The molecule has 0 aliphatic heterocycles. The van der Waals surface area contributed by atoms with Gasteiger partial charge in [0.25, 0.3) is 5.91 Å². The molecule has 10 heteroatoms. The van der Waals surface area contributed by atoms with Crippen molar-refractivity contribution >= 4 is 35.1 Å². The van der Waals surface area contributed by atoms with E-state index in [2.05, 4.69) is 32.5 Å². The van der Waals surface area contributed by atoms with Crippen LogP contribution in [-0.4, -0.2) is 39.8 Å². The molecule has 1 aliphatic rings. The molecule has 3 aromatic rings. The fraction of sp³-hybridized carbons (Fsp3) is 0.250. The number of carbonyl (C=O) groups is 3. The second-order valence-corrected chi connectivity index (χ2v) is 9.00. The van der Waals surface area contributed by atoms with E-state index >= 15 is 0 Å². The van der Waals surface area contributed by atoms with Gasteiger partial charge in [-0.05, 0) is 61.6 Å². The first-order valence-electron chi connectivity index (χ1n) is 12.4. The van der Waals surface area contributed by atoms with Crippen LogP contribution in [-0.2, 0) is 16.1 Å². The number of carbonyl (C=O) groups excluding carboxylic acids is 3. The van der Waals surface area contributed by atoms with Crippen molar-refractivity contribution < 1.29 is 19.1 Å².